The third kappa shape index (κ3) is 4.69. The summed E-state index contributed by atoms with van der Waals surface area (Å²) >= 11 is 0. The number of hydrogen-bond donors (Lipinski definition) is 0. The molecule has 5 heterocycles. The first-order chi connectivity index (χ1) is 18.3. The predicted molar refractivity (Wildman–Crippen MR) is 140 cm³/mol. The van der Waals surface area contributed by atoms with E-state index < -0.39 is 6.09 Å². The van der Waals surface area contributed by atoms with Crippen LogP contribution in [0.4, 0.5) is 10.5 Å². The molecule has 0 spiro atoms. The number of pyridine rings is 1. The summed E-state index contributed by atoms with van der Waals surface area (Å²) in [4.78, 5) is 33.7. The zero-order valence-electron chi connectivity index (χ0n) is 22.3. The molecule has 1 fully saturated rings. The van der Waals surface area contributed by atoms with Crippen molar-refractivity contribution in [2.75, 3.05) is 18.1 Å². The molecule has 0 bridgehead atoms. The van der Waals surface area contributed by atoms with Crippen LogP contribution in [0.25, 0.3) is 22.2 Å². The summed E-state index contributed by atoms with van der Waals surface area (Å²) in [5, 5.41) is 8.99. The molecule has 1 saturated heterocycles. The molecular weight excluding hydrogens is 488 g/mol. The number of anilines is 1. The molecule has 0 saturated carbocycles. The van der Waals surface area contributed by atoms with Crippen molar-refractivity contribution < 1.29 is 23.5 Å². The number of rotatable bonds is 7. The zero-order chi connectivity index (χ0) is 27.0. The Balaban J connectivity index is 1.75. The predicted octanol–water partition coefficient (Wildman–Crippen LogP) is 4.42. The summed E-state index contributed by atoms with van der Waals surface area (Å²) in [6.07, 6.45) is 8.22. The molecule has 4 aromatic rings. The highest BCUT2D eigenvalue weighted by Gasteiger charge is 2.38. The number of carbonyl (C=O) groups excluding carboxylic acids is 2. The average molecular weight is 521 g/mol. The topological polar surface area (TPSA) is 118 Å². The number of nitrogens with zero attached hydrogens (tertiary/aromatic N) is 6. The normalized spacial score (nSPS) is 17.6. The molecule has 1 amide bonds. The number of carbonyl (C=O) groups is 2. The first-order valence-electron chi connectivity index (χ1n) is 12.8. The lowest BCUT2D eigenvalue weighted by Crippen LogP contribution is -2.46. The van der Waals surface area contributed by atoms with Gasteiger partial charge >= 0.3 is 6.09 Å². The fourth-order valence-corrected chi connectivity index (χ4v) is 5.01. The second-order valence-electron chi connectivity index (χ2n) is 9.54. The Morgan fingerprint density at radius 2 is 1.92 bits per heavy atom. The quantitative estimate of drug-likeness (QED) is 0.329. The number of aromatic nitrogens is 5. The van der Waals surface area contributed by atoms with Crippen LogP contribution in [0, 0.1) is 6.92 Å². The molecule has 11 nitrogen and oxygen atoms in total. The van der Waals surface area contributed by atoms with Crippen molar-refractivity contribution >= 4 is 28.7 Å². The molecule has 0 aromatic carbocycles. The lowest BCUT2D eigenvalue weighted by Gasteiger charge is -2.36. The van der Waals surface area contributed by atoms with Crippen LogP contribution in [0.15, 0.2) is 35.3 Å². The maximum atomic E-state index is 13.8. The lowest BCUT2D eigenvalue weighted by atomic mass is 9.98. The second kappa shape index (κ2) is 10.4. The Labute approximate surface area is 220 Å². The van der Waals surface area contributed by atoms with Crippen molar-refractivity contribution in [1.29, 1.82) is 0 Å². The fourth-order valence-electron chi connectivity index (χ4n) is 5.01. The van der Waals surface area contributed by atoms with Crippen LogP contribution < -0.4 is 4.90 Å². The summed E-state index contributed by atoms with van der Waals surface area (Å²) in [5.41, 5.74) is 3.38. The van der Waals surface area contributed by atoms with Gasteiger partial charge in [-0.25, -0.2) is 9.78 Å². The SMILES string of the molecule is CCOC(=O)N(c1c(C(=O)c2cnn(C)c2)oc2nc(C)c(-c3cnn(C)c3)cc12)[C@H]1CCO[C@@H](CC)C1. The minimum absolute atomic E-state index is 0.00681. The maximum absolute atomic E-state index is 13.8. The molecule has 1 aliphatic heterocycles. The average Bonchev–Trinajstić information content (AvgIpc) is 3.62. The van der Waals surface area contributed by atoms with Gasteiger partial charge in [0.2, 0.25) is 17.3 Å². The highest BCUT2D eigenvalue weighted by Crippen LogP contribution is 2.40. The summed E-state index contributed by atoms with van der Waals surface area (Å²) in [7, 11) is 3.58. The van der Waals surface area contributed by atoms with Gasteiger partial charge in [0.25, 0.3) is 0 Å². The molecule has 1 aliphatic rings. The summed E-state index contributed by atoms with van der Waals surface area (Å²) in [5.74, 6) is -0.365. The summed E-state index contributed by atoms with van der Waals surface area (Å²) in [6, 6.07) is 1.66. The van der Waals surface area contributed by atoms with Crippen molar-refractivity contribution in [2.45, 2.75) is 52.2 Å². The van der Waals surface area contributed by atoms with E-state index in [9.17, 15) is 9.59 Å². The number of ether oxygens (including phenoxy) is 2. The van der Waals surface area contributed by atoms with Crippen LogP contribution in [0.2, 0.25) is 0 Å². The summed E-state index contributed by atoms with van der Waals surface area (Å²) in [6.45, 7) is 6.38. The van der Waals surface area contributed by atoms with Gasteiger partial charge in [-0.05, 0) is 39.2 Å². The van der Waals surface area contributed by atoms with Crippen LogP contribution in [0.5, 0.6) is 0 Å². The Kier molecular flexibility index (Phi) is 7.02. The van der Waals surface area contributed by atoms with Crippen molar-refractivity contribution in [3.63, 3.8) is 0 Å². The van der Waals surface area contributed by atoms with Crippen LogP contribution in [0.3, 0.4) is 0 Å². The number of amides is 1. The van der Waals surface area contributed by atoms with Crippen molar-refractivity contribution in [3.8, 4) is 11.1 Å². The van der Waals surface area contributed by atoms with Gasteiger partial charge in [-0.15, -0.1) is 0 Å². The van der Waals surface area contributed by atoms with Crippen LogP contribution >= 0.6 is 0 Å². The van der Waals surface area contributed by atoms with Gasteiger partial charge in [-0.3, -0.25) is 19.1 Å². The molecular formula is C27H32N6O5. The van der Waals surface area contributed by atoms with E-state index in [-0.39, 0.29) is 36.0 Å². The first kappa shape index (κ1) is 25.7. The zero-order valence-corrected chi connectivity index (χ0v) is 22.3. The Morgan fingerprint density at radius 1 is 1.16 bits per heavy atom. The minimum Gasteiger partial charge on any atom is -0.449 e. The first-order valence-corrected chi connectivity index (χ1v) is 12.8. The Morgan fingerprint density at radius 3 is 2.58 bits per heavy atom. The molecule has 38 heavy (non-hydrogen) atoms. The van der Waals surface area contributed by atoms with Crippen LogP contribution in [-0.2, 0) is 23.6 Å². The van der Waals surface area contributed by atoms with E-state index in [4.69, 9.17) is 18.9 Å². The monoisotopic (exact) mass is 520 g/mol. The van der Waals surface area contributed by atoms with E-state index >= 15 is 0 Å². The lowest BCUT2D eigenvalue weighted by molar-refractivity contribution is 0.00468. The van der Waals surface area contributed by atoms with E-state index in [0.717, 1.165) is 17.5 Å². The third-order valence-corrected chi connectivity index (χ3v) is 6.90. The summed E-state index contributed by atoms with van der Waals surface area (Å²) < 4.78 is 20.8. The van der Waals surface area contributed by atoms with Gasteiger partial charge < -0.3 is 13.9 Å². The second-order valence-corrected chi connectivity index (χ2v) is 9.54. The van der Waals surface area contributed by atoms with Crippen LogP contribution in [-0.4, -0.2) is 61.8 Å². The Bertz CT molecular complexity index is 1480. The van der Waals surface area contributed by atoms with Gasteiger partial charge in [0.15, 0.2) is 0 Å². The third-order valence-electron chi connectivity index (χ3n) is 6.90. The molecule has 0 radical (unpaired) electrons. The number of fused-ring (bicyclic) bond motifs is 1. The van der Waals surface area contributed by atoms with Crippen molar-refractivity contribution in [1.82, 2.24) is 24.5 Å². The van der Waals surface area contributed by atoms with Gasteiger partial charge in [0.05, 0.1) is 36.1 Å². The van der Waals surface area contributed by atoms with E-state index in [1.807, 2.05) is 26.2 Å². The molecule has 11 heteroatoms. The number of ketones is 1. The number of hydrogen-bond acceptors (Lipinski definition) is 8. The molecule has 2 atom stereocenters. The standard InChI is InChI=1S/C27H32N6O5/c1-6-20-10-19(8-9-37-20)33(27(35)36-7-2)23-22-11-21(17-12-28-31(4)14-17)16(3)30-26(22)38-25(23)24(34)18-13-29-32(5)15-18/h11-15,19-20H,6-10H2,1-5H3/t19-,20-/m0/s1. The molecule has 5 rings (SSSR count). The number of furan rings is 1. The molecule has 0 unspecified atom stereocenters. The van der Waals surface area contributed by atoms with E-state index in [1.54, 1.807) is 40.6 Å². The van der Waals surface area contributed by atoms with Gasteiger partial charge in [-0.1, -0.05) is 6.92 Å². The molecule has 200 valence electrons. The molecule has 0 aliphatic carbocycles. The van der Waals surface area contributed by atoms with Gasteiger partial charge in [0, 0.05) is 56.0 Å². The van der Waals surface area contributed by atoms with Gasteiger partial charge in [-0.2, -0.15) is 10.2 Å². The maximum Gasteiger partial charge on any atom is 0.414 e. The molecule has 4 aromatic heterocycles. The number of aryl methyl sites for hydroxylation is 3. The smallest absolute Gasteiger partial charge is 0.414 e. The highest BCUT2D eigenvalue weighted by atomic mass is 16.6. The van der Waals surface area contributed by atoms with Crippen molar-refractivity contribution in [2.24, 2.45) is 14.1 Å². The van der Waals surface area contributed by atoms with E-state index in [1.165, 1.54) is 6.20 Å². The fraction of sp³-hybridized carbons (Fsp3) is 0.444. The largest absolute Gasteiger partial charge is 0.449 e. The highest BCUT2D eigenvalue weighted by molar-refractivity contribution is 6.17. The minimum atomic E-state index is -0.541. The van der Waals surface area contributed by atoms with E-state index in [2.05, 4.69) is 17.1 Å². The van der Waals surface area contributed by atoms with E-state index in [0.29, 0.717) is 41.8 Å². The van der Waals surface area contributed by atoms with Gasteiger partial charge in [0.1, 0.15) is 5.69 Å². The Hall–Kier alpha value is -3.99. The molecule has 0 N–H and O–H groups in total. The van der Waals surface area contributed by atoms with Crippen molar-refractivity contribution in [3.05, 3.63) is 47.9 Å². The van der Waals surface area contributed by atoms with Crippen LogP contribution in [0.1, 0.15) is 54.9 Å².